The molecule has 100 valence electrons. The van der Waals surface area contributed by atoms with E-state index in [1.54, 1.807) is 7.05 Å². The molecule has 1 amide bonds. The van der Waals surface area contributed by atoms with E-state index >= 15 is 0 Å². The molecule has 2 N–H and O–H groups in total. The van der Waals surface area contributed by atoms with Gasteiger partial charge in [-0.2, -0.15) is 0 Å². The van der Waals surface area contributed by atoms with E-state index in [1.807, 2.05) is 6.92 Å². The maximum Gasteiger partial charge on any atom is 0.254 e. The molecule has 1 aromatic rings. The first-order chi connectivity index (χ1) is 8.47. The molecule has 1 aromatic carbocycles. The molecule has 0 unspecified atom stereocenters. The molecule has 1 rings (SSSR count). The quantitative estimate of drug-likeness (QED) is 0.669. The number of benzene rings is 1. The van der Waals surface area contributed by atoms with E-state index in [0.717, 1.165) is 0 Å². The molecular formula is C12H16BrFN2O2. The molecule has 0 bridgehead atoms. The maximum absolute atomic E-state index is 13.2. The normalized spacial score (nSPS) is 10.4. The van der Waals surface area contributed by atoms with Crippen LogP contribution < -0.4 is 5.73 Å². The summed E-state index contributed by atoms with van der Waals surface area (Å²) in [4.78, 5) is 13.6. The van der Waals surface area contributed by atoms with Gasteiger partial charge in [0.05, 0.1) is 17.9 Å². The smallest absolute Gasteiger partial charge is 0.254 e. The topological polar surface area (TPSA) is 55.6 Å². The molecule has 0 fully saturated rings. The first-order valence-electron chi connectivity index (χ1n) is 5.55. The van der Waals surface area contributed by atoms with Crippen LogP contribution in [0.2, 0.25) is 0 Å². The fourth-order valence-electron chi connectivity index (χ4n) is 1.38. The molecule has 6 heteroatoms. The second-order valence-corrected chi connectivity index (χ2v) is 4.63. The molecular weight excluding hydrogens is 303 g/mol. The van der Waals surface area contributed by atoms with Crippen molar-refractivity contribution in [3.8, 4) is 0 Å². The third-order valence-corrected chi connectivity index (χ3v) is 3.09. The predicted octanol–water partition coefficient (Wildman–Crippen LogP) is 2.28. The van der Waals surface area contributed by atoms with Gasteiger partial charge in [0.1, 0.15) is 5.82 Å². The molecule has 0 aliphatic carbocycles. The lowest BCUT2D eigenvalue weighted by Gasteiger charge is -2.18. The highest BCUT2D eigenvalue weighted by Crippen LogP contribution is 2.23. The van der Waals surface area contributed by atoms with Gasteiger partial charge in [0.2, 0.25) is 0 Å². The molecule has 0 aliphatic rings. The minimum Gasteiger partial charge on any atom is -0.396 e. The van der Waals surface area contributed by atoms with Crippen molar-refractivity contribution in [2.75, 3.05) is 32.5 Å². The maximum atomic E-state index is 13.2. The number of carbonyl (C=O) groups excluding carboxylic acids is 1. The third kappa shape index (κ3) is 3.68. The highest BCUT2D eigenvalue weighted by atomic mass is 79.9. The fourth-order valence-corrected chi connectivity index (χ4v) is 1.87. The van der Waals surface area contributed by atoms with Gasteiger partial charge in [-0.25, -0.2) is 4.39 Å². The number of halogens is 2. The zero-order valence-corrected chi connectivity index (χ0v) is 12.0. The van der Waals surface area contributed by atoms with Crippen molar-refractivity contribution < 1.29 is 13.9 Å². The summed E-state index contributed by atoms with van der Waals surface area (Å²) in [5.41, 5.74) is 5.76. The number of rotatable bonds is 5. The zero-order chi connectivity index (χ0) is 13.7. The molecule has 0 aromatic heterocycles. The first-order valence-corrected chi connectivity index (χ1v) is 6.34. The van der Waals surface area contributed by atoms with Gasteiger partial charge in [0.15, 0.2) is 0 Å². The second-order valence-electron chi connectivity index (χ2n) is 3.78. The summed E-state index contributed by atoms with van der Waals surface area (Å²) in [6.07, 6.45) is 0. The van der Waals surface area contributed by atoms with Crippen LogP contribution >= 0.6 is 15.9 Å². The lowest BCUT2D eigenvalue weighted by molar-refractivity contribution is 0.0709. The van der Waals surface area contributed by atoms with Gasteiger partial charge >= 0.3 is 0 Å². The molecule has 18 heavy (non-hydrogen) atoms. The molecule has 0 radical (unpaired) electrons. The number of amides is 1. The van der Waals surface area contributed by atoms with Crippen LogP contribution in [0.5, 0.6) is 0 Å². The van der Waals surface area contributed by atoms with Crippen LogP contribution in [0.3, 0.4) is 0 Å². The van der Waals surface area contributed by atoms with Crippen molar-refractivity contribution >= 4 is 27.5 Å². The number of nitrogens with zero attached hydrogens (tertiary/aromatic N) is 1. The van der Waals surface area contributed by atoms with E-state index in [0.29, 0.717) is 29.8 Å². The van der Waals surface area contributed by atoms with E-state index in [-0.39, 0.29) is 11.6 Å². The fraction of sp³-hybridized carbons (Fsp3) is 0.417. The van der Waals surface area contributed by atoms with E-state index in [9.17, 15) is 9.18 Å². The molecule has 0 aliphatic heterocycles. The summed E-state index contributed by atoms with van der Waals surface area (Å²) in [7, 11) is 1.66. The van der Waals surface area contributed by atoms with Crippen molar-refractivity contribution in [1.29, 1.82) is 0 Å². The second kappa shape index (κ2) is 6.70. The Labute approximate surface area is 114 Å². The van der Waals surface area contributed by atoms with Gasteiger partial charge in [-0.3, -0.25) is 4.79 Å². The molecule has 4 nitrogen and oxygen atoms in total. The van der Waals surface area contributed by atoms with Crippen molar-refractivity contribution in [3.05, 3.63) is 28.0 Å². The third-order valence-electron chi connectivity index (χ3n) is 2.44. The monoisotopic (exact) mass is 318 g/mol. The minimum absolute atomic E-state index is 0.0419. The average Bonchev–Trinajstić information content (AvgIpc) is 2.33. The number of hydrogen-bond acceptors (Lipinski definition) is 3. The van der Waals surface area contributed by atoms with E-state index < -0.39 is 5.82 Å². The lowest BCUT2D eigenvalue weighted by atomic mass is 10.1. The Kier molecular flexibility index (Phi) is 5.55. The van der Waals surface area contributed by atoms with Gasteiger partial charge in [-0.1, -0.05) is 0 Å². The van der Waals surface area contributed by atoms with Gasteiger partial charge < -0.3 is 15.4 Å². The van der Waals surface area contributed by atoms with E-state index in [4.69, 9.17) is 10.5 Å². The summed E-state index contributed by atoms with van der Waals surface area (Å²) < 4.78 is 18.7. The van der Waals surface area contributed by atoms with E-state index in [1.165, 1.54) is 17.0 Å². The standard InChI is InChI=1S/C12H16BrFN2O2/c1-3-18-5-4-16(2)12(17)8-6-11(15)10(14)7-9(8)13/h6-7H,3-5,15H2,1-2H3. The Morgan fingerprint density at radius 1 is 1.56 bits per heavy atom. The zero-order valence-electron chi connectivity index (χ0n) is 10.4. The number of nitrogens with two attached hydrogens (primary N) is 1. The highest BCUT2D eigenvalue weighted by molar-refractivity contribution is 9.10. The summed E-state index contributed by atoms with van der Waals surface area (Å²) in [6, 6.07) is 2.53. The Morgan fingerprint density at radius 2 is 2.22 bits per heavy atom. The van der Waals surface area contributed by atoms with Crippen LogP contribution in [-0.4, -0.2) is 37.6 Å². The van der Waals surface area contributed by atoms with Crippen LogP contribution in [0.1, 0.15) is 17.3 Å². The Bertz CT molecular complexity index is 440. The number of ether oxygens (including phenoxy) is 1. The van der Waals surface area contributed by atoms with Gasteiger partial charge in [-0.15, -0.1) is 0 Å². The average molecular weight is 319 g/mol. The molecule has 0 atom stereocenters. The first kappa shape index (κ1) is 14.9. The largest absolute Gasteiger partial charge is 0.396 e. The lowest BCUT2D eigenvalue weighted by Crippen LogP contribution is -2.30. The minimum atomic E-state index is -0.546. The van der Waals surface area contributed by atoms with Crippen LogP contribution in [0, 0.1) is 5.82 Å². The summed E-state index contributed by atoms with van der Waals surface area (Å²) in [6.45, 7) is 3.43. The van der Waals surface area contributed by atoms with Crippen LogP contribution in [0.25, 0.3) is 0 Å². The van der Waals surface area contributed by atoms with Crippen LogP contribution in [-0.2, 0) is 4.74 Å². The molecule has 0 heterocycles. The summed E-state index contributed by atoms with van der Waals surface area (Å²) in [5.74, 6) is -0.774. The number of nitrogen functional groups attached to an aromatic ring is 1. The van der Waals surface area contributed by atoms with Crippen molar-refractivity contribution in [2.24, 2.45) is 0 Å². The van der Waals surface area contributed by atoms with Crippen LogP contribution in [0.15, 0.2) is 16.6 Å². The molecule has 0 saturated carbocycles. The Balaban J connectivity index is 2.80. The van der Waals surface area contributed by atoms with Crippen molar-refractivity contribution in [1.82, 2.24) is 4.90 Å². The molecule has 0 spiro atoms. The number of likely N-dealkylation sites (N-methyl/N-ethyl adjacent to an activating group) is 1. The van der Waals surface area contributed by atoms with E-state index in [2.05, 4.69) is 15.9 Å². The van der Waals surface area contributed by atoms with Crippen LogP contribution in [0.4, 0.5) is 10.1 Å². The number of carbonyl (C=O) groups is 1. The van der Waals surface area contributed by atoms with Crippen molar-refractivity contribution in [3.63, 3.8) is 0 Å². The van der Waals surface area contributed by atoms with Gasteiger partial charge in [-0.05, 0) is 35.0 Å². The number of anilines is 1. The van der Waals surface area contributed by atoms with Gasteiger partial charge in [0.25, 0.3) is 5.91 Å². The van der Waals surface area contributed by atoms with Gasteiger partial charge in [0, 0.05) is 24.7 Å². The summed E-state index contributed by atoms with van der Waals surface area (Å²) in [5, 5.41) is 0. The predicted molar refractivity (Wildman–Crippen MR) is 72.0 cm³/mol. The van der Waals surface area contributed by atoms with Crippen molar-refractivity contribution in [2.45, 2.75) is 6.92 Å². The SMILES string of the molecule is CCOCCN(C)C(=O)c1cc(N)c(F)cc1Br. The number of hydrogen-bond donors (Lipinski definition) is 1. The molecule has 0 saturated heterocycles. The summed E-state index contributed by atoms with van der Waals surface area (Å²) >= 11 is 3.16. The highest BCUT2D eigenvalue weighted by Gasteiger charge is 2.16. The Hall–Kier alpha value is -1.14. The Morgan fingerprint density at radius 3 is 2.83 bits per heavy atom.